The molecule has 0 radical (unpaired) electrons. The number of hydrogen-bond donors (Lipinski definition) is 1. The summed E-state index contributed by atoms with van der Waals surface area (Å²) in [7, 11) is 1.57. The van der Waals surface area contributed by atoms with Crippen molar-refractivity contribution in [2.24, 2.45) is 0 Å². The van der Waals surface area contributed by atoms with Crippen LogP contribution in [0.2, 0.25) is 0 Å². The minimum absolute atomic E-state index is 0.202. The van der Waals surface area contributed by atoms with Gasteiger partial charge in [0.1, 0.15) is 11.3 Å². The highest BCUT2D eigenvalue weighted by molar-refractivity contribution is 6.05. The first-order valence-electron chi connectivity index (χ1n) is 7.42. The molecule has 5 heteroatoms. The fraction of sp³-hybridized carbons (Fsp3) is 0.222. The van der Waals surface area contributed by atoms with E-state index in [4.69, 9.17) is 9.15 Å². The monoisotopic (exact) mass is 310 g/mol. The molecule has 3 rings (SSSR count). The van der Waals surface area contributed by atoms with E-state index in [9.17, 15) is 4.79 Å². The second-order valence-electron chi connectivity index (χ2n) is 5.58. The number of benzene rings is 2. The minimum Gasteiger partial charge on any atom is -0.497 e. The Bertz CT molecular complexity index is 852. The van der Waals surface area contributed by atoms with E-state index >= 15 is 0 Å². The maximum absolute atomic E-state index is 12.3. The summed E-state index contributed by atoms with van der Waals surface area (Å²) in [4.78, 5) is 16.7. The van der Waals surface area contributed by atoms with Gasteiger partial charge in [-0.15, -0.1) is 0 Å². The topological polar surface area (TPSA) is 64.4 Å². The first kappa shape index (κ1) is 15.1. The molecule has 0 aliphatic rings. The third-order valence-electron chi connectivity index (χ3n) is 3.49. The first-order chi connectivity index (χ1) is 11.1. The molecule has 3 aromatic rings. The molecule has 0 bridgehead atoms. The Labute approximate surface area is 134 Å². The summed E-state index contributed by atoms with van der Waals surface area (Å²) in [6.07, 6.45) is 0. The number of hydrogen-bond acceptors (Lipinski definition) is 4. The summed E-state index contributed by atoms with van der Waals surface area (Å²) in [6.45, 7) is 4.05. The molecule has 1 amide bonds. The Morgan fingerprint density at radius 2 is 2.04 bits per heavy atom. The summed E-state index contributed by atoms with van der Waals surface area (Å²) in [5.74, 6) is 1.35. The molecule has 2 aromatic carbocycles. The molecule has 0 unspecified atom stereocenters. The van der Waals surface area contributed by atoms with Crippen LogP contribution in [0.5, 0.6) is 5.75 Å². The second-order valence-corrected chi connectivity index (χ2v) is 5.58. The third-order valence-corrected chi connectivity index (χ3v) is 3.49. The van der Waals surface area contributed by atoms with Gasteiger partial charge in [0.25, 0.3) is 5.91 Å². The molecule has 0 spiro atoms. The molecular formula is C18H18N2O3. The van der Waals surface area contributed by atoms with Gasteiger partial charge in [-0.1, -0.05) is 19.9 Å². The van der Waals surface area contributed by atoms with Gasteiger partial charge in [-0.25, -0.2) is 4.98 Å². The summed E-state index contributed by atoms with van der Waals surface area (Å²) in [5, 5.41) is 2.86. The van der Waals surface area contributed by atoms with Gasteiger partial charge in [-0.2, -0.15) is 0 Å². The van der Waals surface area contributed by atoms with Crippen molar-refractivity contribution in [3.8, 4) is 5.75 Å². The molecular weight excluding hydrogens is 292 g/mol. The van der Waals surface area contributed by atoms with E-state index in [0.717, 1.165) is 5.52 Å². The van der Waals surface area contributed by atoms with Gasteiger partial charge in [-0.05, 0) is 30.3 Å². The van der Waals surface area contributed by atoms with Gasteiger partial charge in [0.05, 0.1) is 7.11 Å². The molecule has 0 fully saturated rings. The number of ether oxygens (including phenoxy) is 1. The highest BCUT2D eigenvalue weighted by Gasteiger charge is 2.11. The molecule has 0 atom stereocenters. The summed E-state index contributed by atoms with van der Waals surface area (Å²) in [6, 6.07) is 12.4. The zero-order chi connectivity index (χ0) is 16.4. The zero-order valence-corrected chi connectivity index (χ0v) is 13.3. The Kier molecular flexibility index (Phi) is 4.02. The maximum atomic E-state index is 12.3. The van der Waals surface area contributed by atoms with Crippen LogP contribution in [0.1, 0.15) is 36.0 Å². The van der Waals surface area contributed by atoms with Crippen molar-refractivity contribution >= 4 is 22.7 Å². The summed E-state index contributed by atoms with van der Waals surface area (Å²) in [5.41, 5.74) is 2.65. The Hall–Kier alpha value is -2.82. The molecule has 23 heavy (non-hydrogen) atoms. The summed E-state index contributed by atoms with van der Waals surface area (Å²) >= 11 is 0. The SMILES string of the molecule is COc1cccc(C(=O)Nc2ccc3nc(C(C)C)oc3c2)c1. The number of rotatable bonds is 4. The molecule has 5 nitrogen and oxygen atoms in total. The Balaban J connectivity index is 1.84. The quantitative estimate of drug-likeness (QED) is 0.784. The third kappa shape index (κ3) is 3.18. The van der Waals surface area contributed by atoms with Crippen LogP contribution < -0.4 is 10.1 Å². The van der Waals surface area contributed by atoms with E-state index in [2.05, 4.69) is 10.3 Å². The maximum Gasteiger partial charge on any atom is 0.255 e. The van der Waals surface area contributed by atoms with Crippen LogP contribution in [-0.2, 0) is 0 Å². The smallest absolute Gasteiger partial charge is 0.255 e. The predicted octanol–water partition coefficient (Wildman–Crippen LogP) is 4.21. The fourth-order valence-electron chi connectivity index (χ4n) is 2.23. The van der Waals surface area contributed by atoms with E-state index in [-0.39, 0.29) is 11.8 Å². The van der Waals surface area contributed by atoms with Gasteiger partial charge in [0.2, 0.25) is 0 Å². The van der Waals surface area contributed by atoms with Gasteiger partial charge in [-0.3, -0.25) is 4.79 Å². The lowest BCUT2D eigenvalue weighted by atomic mass is 10.2. The van der Waals surface area contributed by atoms with Crippen LogP contribution in [0.4, 0.5) is 5.69 Å². The van der Waals surface area contributed by atoms with Crippen LogP contribution >= 0.6 is 0 Å². The predicted molar refractivity (Wildman–Crippen MR) is 89.0 cm³/mol. The molecule has 1 heterocycles. The zero-order valence-electron chi connectivity index (χ0n) is 13.3. The first-order valence-corrected chi connectivity index (χ1v) is 7.42. The number of oxazole rings is 1. The molecule has 0 aliphatic heterocycles. The van der Waals surface area contributed by atoms with Crippen molar-refractivity contribution in [1.29, 1.82) is 0 Å². The van der Waals surface area contributed by atoms with Gasteiger partial charge < -0.3 is 14.5 Å². The molecule has 0 saturated carbocycles. The van der Waals surface area contributed by atoms with Gasteiger partial charge in [0, 0.05) is 23.2 Å². The number of anilines is 1. The Morgan fingerprint density at radius 1 is 1.22 bits per heavy atom. The van der Waals surface area contributed by atoms with Crippen molar-refractivity contribution in [3.05, 3.63) is 53.9 Å². The highest BCUT2D eigenvalue weighted by atomic mass is 16.5. The number of carbonyl (C=O) groups excluding carboxylic acids is 1. The Morgan fingerprint density at radius 3 is 2.78 bits per heavy atom. The van der Waals surface area contributed by atoms with Crippen molar-refractivity contribution in [3.63, 3.8) is 0 Å². The number of nitrogens with one attached hydrogen (secondary N) is 1. The van der Waals surface area contributed by atoms with E-state index in [1.807, 2.05) is 26.0 Å². The lowest BCUT2D eigenvalue weighted by Gasteiger charge is -2.06. The van der Waals surface area contributed by atoms with Crippen LogP contribution in [0.3, 0.4) is 0 Å². The van der Waals surface area contributed by atoms with Crippen LogP contribution in [0.15, 0.2) is 46.9 Å². The highest BCUT2D eigenvalue weighted by Crippen LogP contribution is 2.24. The van der Waals surface area contributed by atoms with Crippen molar-refractivity contribution in [2.75, 3.05) is 12.4 Å². The number of methoxy groups -OCH3 is 1. The summed E-state index contributed by atoms with van der Waals surface area (Å²) < 4.78 is 10.8. The van der Waals surface area contributed by atoms with Crippen molar-refractivity contribution in [2.45, 2.75) is 19.8 Å². The number of fused-ring (bicyclic) bond motifs is 1. The standard InChI is InChI=1S/C18H18N2O3/c1-11(2)18-20-15-8-7-13(10-16(15)23-18)19-17(21)12-5-4-6-14(9-12)22-3/h4-11H,1-3H3,(H,19,21). The van der Waals surface area contributed by atoms with E-state index < -0.39 is 0 Å². The van der Waals surface area contributed by atoms with Crippen LogP contribution in [-0.4, -0.2) is 18.0 Å². The number of carbonyl (C=O) groups is 1. The minimum atomic E-state index is -0.202. The molecule has 0 aliphatic carbocycles. The second kappa shape index (κ2) is 6.12. The van der Waals surface area contributed by atoms with Crippen molar-refractivity contribution in [1.82, 2.24) is 4.98 Å². The average Bonchev–Trinajstić information content (AvgIpc) is 2.98. The fourth-order valence-corrected chi connectivity index (χ4v) is 2.23. The number of amides is 1. The molecule has 1 aromatic heterocycles. The normalized spacial score (nSPS) is 11.0. The van der Waals surface area contributed by atoms with E-state index in [0.29, 0.717) is 28.5 Å². The molecule has 1 N–H and O–H groups in total. The largest absolute Gasteiger partial charge is 0.497 e. The van der Waals surface area contributed by atoms with E-state index in [1.54, 1.807) is 37.4 Å². The van der Waals surface area contributed by atoms with Gasteiger partial charge in [0.15, 0.2) is 11.5 Å². The van der Waals surface area contributed by atoms with Gasteiger partial charge >= 0.3 is 0 Å². The van der Waals surface area contributed by atoms with Crippen LogP contribution in [0, 0.1) is 0 Å². The molecule has 0 saturated heterocycles. The van der Waals surface area contributed by atoms with Crippen molar-refractivity contribution < 1.29 is 13.9 Å². The number of nitrogens with zero attached hydrogens (tertiary/aromatic N) is 1. The number of aromatic nitrogens is 1. The van der Waals surface area contributed by atoms with E-state index in [1.165, 1.54) is 0 Å². The lowest BCUT2D eigenvalue weighted by molar-refractivity contribution is 0.102. The van der Waals surface area contributed by atoms with Crippen LogP contribution in [0.25, 0.3) is 11.1 Å². The average molecular weight is 310 g/mol. The lowest BCUT2D eigenvalue weighted by Crippen LogP contribution is -2.11. The molecule has 118 valence electrons.